The topological polar surface area (TPSA) is 244 Å². The fourth-order valence-electron chi connectivity index (χ4n) is 8.18. The predicted molar refractivity (Wildman–Crippen MR) is 303 cm³/mol. The van der Waals surface area contributed by atoms with Crippen LogP contribution < -0.4 is 29.6 Å². The van der Waals surface area contributed by atoms with Crippen molar-refractivity contribution in [3.8, 4) is 23.0 Å². The van der Waals surface area contributed by atoms with Crippen molar-refractivity contribution in [1.82, 2.24) is 0 Å². The average Bonchev–Trinajstić information content (AvgIpc) is 3.42. The molecular formula is C62H86N2O14. The van der Waals surface area contributed by atoms with Crippen molar-refractivity contribution < 1.29 is 68.1 Å². The van der Waals surface area contributed by atoms with Gasteiger partial charge in [0.15, 0.2) is 0 Å². The lowest BCUT2D eigenvalue weighted by atomic mass is 10.1. The summed E-state index contributed by atoms with van der Waals surface area (Å²) in [6.45, 7) is 2.43. The highest BCUT2D eigenvalue weighted by Gasteiger charge is 2.10. The standard InChI is InChI=1S/C35H51NO7.C27H35NO7/c37-33(38)17-13-9-5-1-3-7-11-15-27-42-31-23-19-29(20-24-31)35(41)36-30-21-25-32(26-22-30)43-28-16-12-8-4-2-6-10-14-18-34(39)40;29-25(30)9-5-1-3-7-19-34-23-15-11-21(12-16-23)27(33)28-22-13-17-24(18-14-22)35-20-8-4-2-6-10-26(31)32/h19-26H,1-18,27-28H2,(H,36,41)(H,37,38)(H,39,40);11-18H,1-10,19-20H2,(H,28,33)(H,29,30)(H,31,32). The molecule has 0 fully saturated rings. The van der Waals surface area contributed by atoms with Gasteiger partial charge in [0.25, 0.3) is 11.8 Å². The minimum absolute atomic E-state index is 0.176. The minimum atomic E-state index is -0.758. The van der Waals surface area contributed by atoms with E-state index in [1.165, 1.54) is 19.3 Å². The van der Waals surface area contributed by atoms with E-state index in [0.717, 1.165) is 139 Å². The van der Waals surface area contributed by atoms with Gasteiger partial charge < -0.3 is 50.0 Å². The van der Waals surface area contributed by atoms with Crippen LogP contribution in [-0.4, -0.2) is 82.5 Å². The molecule has 0 atom stereocenters. The van der Waals surface area contributed by atoms with Gasteiger partial charge in [-0.25, -0.2) is 0 Å². The largest absolute Gasteiger partial charge is 0.494 e. The number of ether oxygens (including phenoxy) is 4. The van der Waals surface area contributed by atoms with Gasteiger partial charge in [-0.15, -0.1) is 0 Å². The summed E-state index contributed by atoms with van der Waals surface area (Å²) in [6, 6.07) is 28.7. The zero-order valence-electron chi connectivity index (χ0n) is 45.7. The summed E-state index contributed by atoms with van der Waals surface area (Å²) in [5.41, 5.74) is 2.46. The molecule has 0 aliphatic rings. The van der Waals surface area contributed by atoms with Crippen molar-refractivity contribution in [2.75, 3.05) is 37.1 Å². The molecule has 4 rings (SSSR count). The normalized spacial score (nSPS) is 10.7. The molecule has 428 valence electrons. The van der Waals surface area contributed by atoms with E-state index in [2.05, 4.69) is 10.6 Å². The van der Waals surface area contributed by atoms with Gasteiger partial charge in [0.05, 0.1) is 26.4 Å². The highest BCUT2D eigenvalue weighted by molar-refractivity contribution is 6.05. The first-order chi connectivity index (χ1) is 37.9. The van der Waals surface area contributed by atoms with E-state index in [0.29, 0.717) is 67.5 Å². The van der Waals surface area contributed by atoms with Gasteiger partial charge in [0, 0.05) is 48.2 Å². The molecule has 0 unspecified atom stereocenters. The predicted octanol–water partition coefficient (Wildman–Crippen LogP) is 14.7. The number of benzene rings is 4. The third-order valence-electron chi connectivity index (χ3n) is 12.7. The summed E-state index contributed by atoms with van der Waals surface area (Å²) in [7, 11) is 0. The maximum Gasteiger partial charge on any atom is 0.303 e. The highest BCUT2D eigenvalue weighted by atomic mass is 16.5. The molecule has 0 aliphatic carbocycles. The average molecular weight is 1080 g/mol. The summed E-state index contributed by atoms with van der Waals surface area (Å²) in [6.07, 6.45) is 24.6. The van der Waals surface area contributed by atoms with E-state index in [1.54, 1.807) is 60.7 Å². The Morgan fingerprint density at radius 1 is 0.269 bits per heavy atom. The van der Waals surface area contributed by atoms with Crippen LogP contribution in [-0.2, 0) is 19.2 Å². The fourth-order valence-corrected chi connectivity index (χ4v) is 8.18. The van der Waals surface area contributed by atoms with Crippen molar-refractivity contribution in [2.45, 2.75) is 180 Å². The van der Waals surface area contributed by atoms with Crippen LogP contribution >= 0.6 is 0 Å². The molecule has 16 nitrogen and oxygen atoms in total. The maximum atomic E-state index is 12.6. The van der Waals surface area contributed by atoms with Gasteiger partial charge in [0.2, 0.25) is 0 Å². The quantitative estimate of drug-likeness (QED) is 0.0226. The van der Waals surface area contributed by atoms with Gasteiger partial charge in [-0.3, -0.25) is 28.8 Å². The Bertz CT molecular complexity index is 2270. The molecule has 0 spiro atoms. The number of carboxylic acids is 4. The smallest absolute Gasteiger partial charge is 0.303 e. The first-order valence-electron chi connectivity index (χ1n) is 28.3. The van der Waals surface area contributed by atoms with E-state index in [4.69, 9.17) is 39.4 Å². The summed E-state index contributed by atoms with van der Waals surface area (Å²) in [4.78, 5) is 67.1. The Balaban J connectivity index is 0.000000419. The molecule has 78 heavy (non-hydrogen) atoms. The van der Waals surface area contributed by atoms with Gasteiger partial charge >= 0.3 is 23.9 Å². The molecule has 0 saturated heterocycles. The lowest BCUT2D eigenvalue weighted by Gasteiger charge is -2.10. The van der Waals surface area contributed by atoms with Gasteiger partial charge in [0.1, 0.15) is 23.0 Å². The molecular weight excluding hydrogens is 997 g/mol. The Morgan fingerprint density at radius 2 is 0.462 bits per heavy atom. The number of aliphatic carboxylic acids is 4. The lowest BCUT2D eigenvalue weighted by Crippen LogP contribution is -2.11. The first kappa shape index (κ1) is 65.2. The van der Waals surface area contributed by atoms with Crippen LogP contribution in [0.5, 0.6) is 23.0 Å². The number of carboxylic acid groups (broad SMARTS) is 4. The zero-order chi connectivity index (χ0) is 56.3. The Hall–Kier alpha value is -7.10. The second-order valence-corrected chi connectivity index (χ2v) is 19.5. The van der Waals surface area contributed by atoms with Crippen LogP contribution in [0.15, 0.2) is 97.1 Å². The maximum absolute atomic E-state index is 12.6. The van der Waals surface area contributed by atoms with Crippen LogP contribution in [0.2, 0.25) is 0 Å². The number of carbonyl (C=O) groups excluding carboxylic acids is 2. The van der Waals surface area contributed by atoms with E-state index in [1.807, 2.05) is 36.4 Å². The summed E-state index contributed by atoms with van der Waals surface area (Å²) in [5, 5.41) is 40.3. The number of amides is 2. The fraction of sp³-hybridized carbons (Fsp3) is 0.516. The molecule has 0 radical (unpaired) electrons. The molecule has 16 heteroatoms. The number of anilines is 2. The van der Waals surface area contributed by atoms with Gasteiger partial charge in [-0.1, -0.05) is 103 Å². The molecule has 4 aromatic rings. The number of nitrogens with one attached hydrogen (secondary N) is 2. The third kappa shape index (κ3) is 33.8. The van der Waals surface area contributed by atoms with E-state index in [-0.39, 0.29) is 37.5 Å². The third-order valence-corrected chi connectivity index (χ3v) is 12.7. The Labute approximate surface area is 461 Å². The number of hydrogen-bond acceptors (Lipinski definition) is 10. The first-order valence-corrected chi connectivity index (χ1v) is 28.3. The highest BCUT2D eigenvalue weighted by Crippen LogP contribution is 2.22. The van der Waals surface area contributed by atoms with Crippen LogP contribution in [0.4, 0.5) is 11.4 Å². The molecule has 4 aromatic carbocycles. The summed E-state index contributed by atoms with van der Waals surface area (Å²) < 4.78 is 23.0. The lowest BCUT2D eigenvalue weighted by molar-refractivity contribution is -0.138. The Kier molecular flexibility index (Phi) is 35.1. The molecule has 0 saturated carbocycles. The molecule has 0 aliphatic heterocycles. The number of rotatable bonds is 44. The van der Waals surface area contributed by atoms with E-state index < -0.39 is 23.9 Å². The van der Waals surface area contributed by atoms with E-state index >= 15 is 0 Å². The van der Waals surface area contributed by atoms with Gasteiger partial charge in [-0.2, -0.15) is 0 Å². The zero-order valence-corrected chi connectivity index (χ0v) is 45.7. The Morgan fingerprint density at radius 3 is 0.679 bits per heavy atom. The summed E-state index contributed by atoms with van der Waals surface area (Å²) in [5.74, 6) is -0.374. The molecule has 6 N–H and O–H groups in total. The van der Waals surface area contributed by atoms with Crippen LogP contribution in [0.25, 0.3) is 0 Å². The summed E-state index contributed by atoms with van der Waals surface area (Å²) >= 11 is 0. The minimum Gasteiger partial charge on any atom is -0.494 e. The number of carbonyl (C=O) groups is 6. The van der Waals surface area contributed by atoms with Crippen LogP contribution in [0.1, 0.15) is 200 Å². The van der Waals surface area contributed by atoms with Crippen LogP contribution in [0, 0.1) is 0 Å². The monoisotopic (exact) mass is 1080 g/mol. The van der Waals surface area contributed by atoms with Crippen molar-refractivity contribution in [3.05, 3.63) is 108 Å². The molecule has 0 bridgehead atoms. The van der Waals surface area contributed by atoms with E-state index in [9.17, 15) is 28.8 Å². The second-order valence-electron chi connectivity index (χ2n) is 19.5. The van der Waals surface area contributed by atoms with Crippen molar-refractivity contribution >= 4 is 47.1 Å². The second kappa shape index (κ2) is 42.0. The number of unbranched alkanes of at least 4 members (excludes halogenated alkanes) is 20. The molecule has 0 aromatic heterocycles. The van der Waals surface area contributed by atoms with Crippen molar-refractivity contribution in [2.24, 2.45) is 0 Å². The van der Waals surface area contributed by atoms with Crippen molar-refractivity contribution in [3.63, 3.8) is 0 Å². The van der Waals surface area contributed by atoms with Gasteiger partial charge in [-0.05, 0) is 148 Å². The SMILES string of the molecule is O=C(O)CCCCCCCCCCOc1ccc(NC(=O)c2ccc(OCCCCCCCCCCC(=O)O)cc2)cc1.O=C(O)CCCCCCOc1ccc(NC(=O)c2ccc(OCCCCCCC(=O)O)cc2)cc1. The molecule has 2 amide bonds. The number of hydrogen-bond donors (Lipinski definition) is 6. The molecule has 0 heterocycles. The van der Waals surface area contributed by atoms with Crippen LogP contribution in [0.3, 0.4) is 0 Å². The van der Waals surface area contributed by atoms with Crippen molar-refractivity contribution in [1.29, 1.82) is 0 Å².